The number of aliphatic hydroxyl groups excluding tert-OH is 2. The Morgan fingerprint density at radius 1 is 0.968 bits per heavy atom. The van der Waals surface area contributed by atoms with Gasteiger partial charge < -0.3 is 48.7 Å². The molecule has 0 spiro atoms. The molecule has 0 aliphatic heterocycles. The number of alkyl carbamates (subject to hydrolysis) is 1. The van der Waals surface area contributed by atoms with E-state index in [1.165, 1.54) is 44.4 Å². The molecule has 1 aromatic heterocycles. The zero-order valence-electron chi connectivity index (χ0n) is 36.1. The van der Waals surface area contributed by atoms with E-state index < -0.39 is 119 Å². The van der Waals surface area contributed by atoms with Crippen LogP contribution < -0.4 is 5.32 Å². The number of ketones is 1. The van der Waals surface area contributed by atoms with Crippen molar-refractivity contribution in [1.29, 1.82) is 0 Å². The van der Waals surface area contributed by atoms with Crippen molar-refractivity contribution >= 4 is 35.8 Å². The van der Waals surface area contributed by atoms with E-state index in [2.05, 4.69) is 5.32 Å². The fourth-order valence-electron chi connectivity index (χ4n) is 10.5. The Kier molecular flexibility index (Phi) is 12.0. The van der Waals surface area contributed by atoms with Gasteiger partial charge in [-0.05, 0) is 87.3 Å². The number of hydrogen-bond donors (Lipinski definition) is 4. The number of amides is 1. The van der Waals surface area contributed by atoms with Crippen molar-refractivity contribution < 1.29 is 72.2 Å². The van der Waals surface area contributed by atoms with Crippen molar-refractivity contribution in [2.75, 3.05) is 6.61 Å². The van der Waals surface area contributed by atoms with Crippen LogP contribution in [-0.2, 0) is 42.9 Å². The number of carbonyl (C=O) groups excluding carboxylic acids is 6. The van der Waals surface area contributed by atoms with E-state index in [9.17, 15) is 39.3 Å². The first-order valence-electron chi connectivity index (χ1n) is 21.3. The van der Waals surface area contributed by atoms with Gasteiger partial charge in [0.05, 0.1) is 41.8 Å². The molecule has 1 unspecified atom stereocenters. The number of fused-ring (bicyclic) bond motifs is 5. The van der Waals surface area contributed by atoms with E-state index in [4.69, 9.17) is 28.1 Å². The Balaban J connectivity index is 1.39. The highest BCUT2D eigenvalue weighted by atomic mass is 16.6. The number of carbonyl (C=O) groups is 6. The van der Waals surface area contributed by atoms with Gasteiger partial charge in [-0.25, -0.2) is 14.4 Å². The molecule has 0 saturated heterocycles. The minimum atomic E-state index is -2.34. The minimum absolute atomic E-state index is 0.00825. The van der Waals surface area contributed by atoms with E-state index in [0.717, 1.165) is 0 Å². The summed E-state index contributed by atoms with van der Waals surface area (Å²) in [6.45, 7) is 11.1. The van der Waals surface area contributed by atoms with E-state index in [0.29, 0.717) is 19.3 Å². The Hall–Kier alpha value is -5.06. The second-order valence-corrected chi connectivity index (χ2v) is 18.8. The van der Waals surface area contributed by atoms with E-state index >= 15 is 4.79 Å². The van der Waals surface area contributed by atoms with Crippen LogP contribution in [0, 0.1) is 34.5 Å². The van der Waals surface area contributed by atoms with E-state index in [1.807, 2.05) is 13.8 Å². The van der Waals surface area contributed by atoms with Gasteiger partial charge in [0.1, 0.15) is 35.2 Å². The lowest BCUT2D eigenvalue weighted by Gasteiger charge is -2.68. The summed E-state index contributed by atoms with van der Waals surface area (Å²) in [5.74, 6) is -6.80. The highest BCUT2D eigenvalue weighted by Gasteiger charge is 2.77. The smallest absolute Gasteiger partial charge is 0.407 e. The molecule has 2 bridgehead atoms. The van der Waals surface area contributed by atoms with Crippen molar-refractivity contribution in [3.05, 3.63) is 71.2 Å². The first-order valence-corrected chi connectivity index (χ1v) is 21.3. The molecule has 5 aliphatic carbocycles. The van der Waals surface area contributed by atoms with Gasteiger partial charge in [0.2, 0.25) is 0 Å². The fourth-order valence-corrected chi connectivity index (χ4v) is 10.5. The van der Waals surface area contributed by atoms with Crippen molar-refractivity contribution in [2.24, 2.45) is 34.5 Å². The third-order valence-electron chi connectivity index (χ3n) is 14.1. The predicted octanol–water partition coefficient (Wildman–Crippen LogP) is 4.68. The molecule has 1 amide bonds. The molecule has 16 nitrogen and oxygen atoms in total. The number of hydrogen-bond acceptors (Lipinski definition) is 15. The molecular weight excluding hydrogens is 806 g/mol. The van der Waals surface area contributed by atoms with Crippen molar-refractivity contribution in [1.82, 2.24) is 5.32 Å². The molecule has 4 fully saturated rings. The predicted molar refractivity (Wildman–Crippen MR) is 215 cm³/mol. The van der Waals surface area contributed by atoms with Gasteiger partial charge in [0.15, 0.2) is 18.0 Å². The third-order valence-corrected chi connectivity index (χ3v) is 14.1. The van der Waals surface area contributed by atoms with Gasteiger partial charge in [-0.3, -0.25) is 14.4 Å². The molecule has 1 heterocycles. The van der Waals surface area contributed by atoms with Crippen LogP contribution in [0.3, 0.4) is 0 Å². The number of aliphatic hydroxyl groups is 3. The van der Waals surface area contributed by atoms with Gasteiger partial charge in [-0.2, -0.15) is 0 Å². The standard InChI is InChI=1S/C46H57NO15/c1-23(2)22-58-42(55)47-33(29-14-11-19-57-29)34(50)41(54)59-30-21-46(56)38(61-40(53)26-12-9-8-10-13-26)36-44(7,31(49)20-28-17-18-45(28,36)62-25(4)48)37(51)35(60-39(52)27-15-16-27)32(24(30)3)43(46,5)6/h8-14,19,23,27-28,30-31,33-36,38,49-50,56H,15-18,20-22H2,1-7H3,(H,47,55)/t28-,30+,31+,33+,34-,35-,36?,38+,44-,45+,46-/m1/s1. The van der Waals surface area contributed by atoms with Crippen LogP contribution in [0.4, 0.5) is 4.79 Å². The van der Waals surface area contributed by atoms with E-state index in [1.54, 1.807) is 39.0 Å². The number of nitrogens with one attached hydrogen (secondary N) is 1. The number of esters is 4. The summed E-state index contributed by atoms with van der Waals surface area (Å²) >= 11 is 0. The second kappa shape index (κ2) is 16.6. The topological polar surface area (TPSA) is 234 Å². The fraction of sp³-hybridized carbons (Fsp3) is 0.609. The second-order valence-electron chi connectivity index (χ2n) is 18.8. The van der Waals surface area contributed by atoms with Crippen LogP contribution in [0.25, 0.3) is 0 Å². The van der Waals surface area contributed by atoms with Gasteiger partial charge in [0, 0.05) is 24.7 Å². The Bertz CT molecular complexity index is 2110. The van der Waals surface area contributed by atoms with Crippen LogP contribution >= 0.6 is 0 Å². The SMILES string of the molecule is CC(=O)O[C@@]12CC[C@@H]1C[C@H](O)[C@@]1(C)C(=O)[C@H](OC(=O)C3CC3)C3=C(C)[C@@H](OC(=O)[C@H](O)[C@@H](NC(=O)OCC(C)C)c4ccco4)C[C@@](O)([C@@H](OC(=O)c4ccccc4)C12)C3(C)C. The molecule has 4 N–H and O–H groups in total. The maximum atomic E-state index is 15.7. The van der Waals surface area contributed by atoms with Crippen molar-refractivity contribution in [2.45, 2.75) is 135 Å². The van der Waals surface area contributed by atoms with Crippen LogP contribution in [0.2, 0.25) is 0 Å². The molecule has 336 valence electrons. The average molecular weight is 864 g/mol. The van der Waals surface area contributed by atoms with Crippen LogP contribution in [0.1, 0.15) is 109 Å². The lowest BCUT2D eigenvalue weighted by atomic mass is 9.41. The summed E-state index contributed by atoms with van der Waals surface area (Å²) in [4.78, 5) is 83.8. The molecule has 11 atom stereocenters. The Morgan fingerprint density at radius 2 is 1.66 bits per heavy atom. The summed E-state index contributed by atoms with van der Waals surface area (Å²) in [6, 6.07) is 9.36. The van der Waals surface area contributed by atoms with Crippen LogP contribution in [-0.4, -0.2) is 99.4 Å². The molecule has 0 radical (unpaired) electrons. The van der Waals surface area contributed by atoms with Crippen molar-refractivity contribution in [3.8, 4) is 0 Å². The monoisotopic (exact) mass is 863 g/mol. The molecule has 4 saturated carbocycles. The van der Waals surface area contributed by atoms with Gasteiger partial charge in [-0.15, -0.1) is 0 Å². The number of ether oxygens (including phenoxy) is 5. The third kappa shape index (κ3) is 7.61. The lowest BCUT2D eigenvalue weighted by Crippen LogP contribution is -2.78. The number of benzene rings is 1. The molecule has 7 rings (SSSR count). The van der Waals surface area contributed by atoms with Gasteiger partial charge in [0.25, 0.3) is 0 Å². The first kappa shape index (κ1) is 45.0. The summed E-state index contributed by atoms with van der Waals surface area (Å²) in [6.07, 6.45) is -7.00. The molecule has 62 heavy (non-hydrogen) atoms. The summed E-state index contributed by atoms with van der Waals surface area (Å²) in [7, 11) is 0. The van der Waals surface area contributed by atoms with Gasteiger partial charge >= 0.3 is 30.0 Å². The van der Waals surface area contributed by atoms with Crippen LogP contribution in [0.5, 0.6) is 0 Å². The zero-order valence-corrected chi connectivity index (χ0v) is 36.1. The Labute approximate surface area is 359 Å². The van der Waals surface area contributed by atoms with Crippen LogP contribution in [0.15, 0.2) is 64.3 Å². The first-order chi connectivity index (χ1) is 29.2. The van der Waals surface area contributed by atoms with Gasteiger partial charge in [-0.1, -0.05) is 45.9 Å². The highest BCUT2D eigenvalue weighted by molar-refractivity contribution is 5.96. The minimum Gasteiger partial charge on any atom is -0.467 e. The summed E-state index contributed by atoms with van der Waals surface area (Å²) in [5.41, 5.74) is -7.16. The average Bonchev–Trinajstić information content (AvgIpc) is 3.94. The lowest BCUT2D eigenvalue weighted by molar-refractivity contribution is -0.296. The summed E-state index contributed by atoms with van der Waals surface area (Å²) < 4.78 is 35.6. The highest BCUT2D eigenvalue weighted by Crippen LogP contribution is 2.67. The number of Topliss-reactive ketones (excluding diaryl/α,β-unsaturated/α-hetero) is 1. The molecule has 2 aromatic rings. The molecule has 1 aromatic carbocycles. The largest absolute Gasteiger partial charge is 0.467 e. The summed E-state index contributed by atoms with van der Waals surface area (Å²) in [5, 5.41) is 40.0. The normalized spacial score (nSPS) is 33.2. The number of rotatable bonds is 12. The maximum absolute atomic E-state index is 15.7. The molecule has 5 aliphatic rings. The maximum Gasteiger partial charge on any atom is 0.407 e. The molecule has 16 heteroatoms. The van der Waals surface area contributed by atoms with Crippen molar-refractivity contribution in [3.63, 3.8) is 0 Å². The van der Waals surface area contributed by atoms with E-state index in [-0.39, 0.29) is 47.8 Å². The Morgan fingerprint density at radius 3 is 2.24 bits per heavy atom. The molecular formula is C46H57NO15. The quantitative estimate of drug-likeness (QED) is 0.129. The number of furan rings is 1. The zero-order chi connectivity index (χ0) is 45.1.